The number of phenols is 1. The number of nitrogens with zero attached hydrogens (tertiary/aromatic N) is 15. The first-order valence-electron chi connectivity index (χ1n) is 50.0. The van der Waals surface area contributed by atoms with Crippen LogP contribution in [0.25, 0.3) is 105 Å². The second-order valence-electron chi connectivity index (χ2n) is 41.0. The van der Waals surface area contributed by atoms with E-state index in [1.807, 2.05) is 119 Å². The molecule has 8 aromatic heterocycles. The van der Waals surface area contributed by atoms with Crippen molar-refractivity contribution in [2.75, 3.05) is 78.7 Å². The van der Waals surface area contributed by atoms with Crippen molar-refractivity contribution in [2.45, 2.75) is 208 Å². The van der Waals surface area contributed by atoms with E-state index < -0.39 is 92.7 Å². The summed E-state index contributed by atoms with van der Waals surface area (Å²) in [5.41, 5.74) is 5.89. The molecular weight excluding hydrogens is 1890 g/mol. The van der Waals surface area contributed by atoms with Crippen LogP contribution in [0.4, 0.5) is 53.5 Å². The molecule has 27 nitrogen and oxygen atoms in total. The Morgan fingerprint density at radius 2 is 0.857 bits per heavy atom. The van der Waals surface area contributed by atoms with Gasteiger partial charge >= 0.3 is 0 Å². The minimum atomic E-state index is -1.28. The van der Waals surface area contributed by atoms with Crippen molar-refractivity contribution in [2.24, 2.45) is 0 Å². The van der Waals surface area contributed by atoms with Crippen molar-refractivity contribution in [3.05, 3.63) is 270 Å². The number of hydrogen-bond acceptors (Lipinski definition) is 18. The van der Waals surface area contributed by atoms with Crippen LogP contribution in [0, 0.1) is 61.5 Å². The van der Waals surface area contributed by atoms with E-state index in [-0.39, 0.29) is 158 Å². The largest absolute Gasteiger partial charge is 0.507 e. The van der Waals surface area contributed by atoms with E-state index in [4.69, 9.17) is 19.4 Å². The van der Waals surface area contributed by atoms with Crippen LogP contribution in [-0.4, -0.2) is 194 Å². The molecule has 0 radical (unpaired) electrons. The highest BCUT2D eigenvalue weighted by atomic mass is 19.2. The number of nitrogens with one attached hydrogen (secondary N) is 2. The van der Waals surface area contributed by atoms with E-state index in [2.05, 4.69) is 50.0 Å². The molecule has 0 spiro atoms. The molecule has 0 bridgehead atoms. The van der Waals surface area contributed by atoms with Crippen LogP contribution in [0.5, 0.6) is 11.5 Å². The summed E-state index contributed by atoms with van der Waals surface area (Å²) in [5.74, 6) is -9.08. The second-order valence-corrected chi connectivity index (χ2v) is 41.0. The van der Waals surface area contributed by atoms with Crippen LogP contribution < -0.4 is 41.0 Å². The lowest BCUT2D eigenvalue weighted by Gasteiger charge is -2.52. The molecule has 0 aliphatic carbocycles. The second kappa shape index (κ2) is 39.0. The number of H-pyrrole nitrogens is 2. The zero-order chi connectivity index (χ0) is 105. The standard InChI is InChI=1S/C38H38F3N5O5.C38H40F2N6O3.C37H38F2N6O2/c1-6-28(48)43-18-26-37(49)45(22-11-14-51-15-12-22)36-35(44(26)17-21(43)5)23-16-25(40)30(29-24(39)8-7-9-27(29)47)31(41)34(23)46(38(36)50)33-20(4)10-13-42-32(33)19(2)3;1-8-29(47)44-18-23-12-14-49-37-36(45(23)17-22(44)7)25-15-27(39)31(30-21(6)9-10-28-26(30)16-42-43-28)32(40)34(25)46(38(37)48)35-24(19(2)3)11-13-41-33(35)20(4)5;1-8-29(46)43-17-22-13-25-34(44(22)16-21(43)7)24-14-27(38)31(30-20(6)9-10-28-26(30)15-41-42-28)32(39)35(24)45(37(25)47)36-23(18(2)3)11-12-40-33(36)19(4)5/h6-10,13,16,19,21-22,26,47H,1,11-12,14-15,17-18H2,2-5H3;8-11,13,15-16,19-20,22-23H,1,12,14,17-18H2,2-7H3,(H,42,43);8-12,14-15,18-19,21-22H,1,13,16-17H2,2-7H3,(H,41,42). The Hall–Kier alpha value is -15.1. The normalized spacial score (nSPS) is 18.3. The molecule has 7 aliphatic heterocycles. The molecular formula is C113H116F7N17O10. The number of piperazine rings is 3. The third-order valence-electron chi connectivity index (χ3n) is 30.2. The summed E-state index contributed by atoms with van der Waals surface area (Å²) >= 11 is 0. The van der Waals surface area contributed by atoms with E-state index in [1.165, 1.54) is 55.4 Å². The summed E-state index contributed by atoms with van der Waals surface area (Å²) in [6.07, 6.45) is 13.5. The summed E-state index contributed by atoms with van der Waals surface area (Å²) in [7, 11) is 0. The number of aromatic amines is 2. The maximum Gasteiger partial charge on any atom is 0.300 e. The number of carbonyl (C=O) groups is 4. The number of benzene rings is 6. The molecule has 4 saturated heterocycles. The summed E-state index contributed by atoms with van der Waals surface area (Å²) in [5, 5.41) is 26.4. The van der Waals surface area contributed by atoms with E-state index in [1.54, 1.807) is 84.7 Å². The number of aromatic nitrogens is 10. The Morgan fingerprint density at radius 3 is 1.34 bits per heavy atom. The molecule has 7 aliphatic rings. The van der Waals surface area contributed by atoms with Gasteiger partial charge in [-0.3, -0.25) is 72.4 Å². The fourth-order valence-electron chi connectivity index (χ4n) is 23.2. The van der Waals surface area contributed by atoms with Crippen molar-refractivity contribution >= 4 is 101 Å². The number of fused-ring (bicyclic) bond motifs is 17. The number of rotatable bonds is 15. The maximum absolute atomic E-state index is 17.8. The maximum atomic E-state index is 17.8. The van der Waals surface area contributed by atoms with Crippen molar-refractivity contribution in [3.63, 3.8) is 0 Å². The van der Waals surface area contributed by atoms with Crippen molar-refractivity contribution in [3.8, 4) is 61.9 Å². The van der Waals surface area contributed by atoms with E-state index in [9.17, 15) is 29.1 Å². The number of hydrogen-bond donors (Lipinski definition) is 3. The zero-order valence-electron chi connectivity index (χ0n) is 84.8. The Labute approximate surface area is 843 Å². The average Bonchev–Trinajstić information content (AvgIpc) is 1.44. The number of pyridine rings is 6. The minimum Gasteiger partial charge on any atom is -0.507 e. The van der Waals surface area contributed by atoms with Gasteiger partial charge in [-0.15, -0.1) is 0 Å². The van der Waals surface area contributed by atoms with Crippen molar-refractivity contribution in [1.29, 1.82) is 0 Å². The van der Waals surface area contributed by atoms with Crippen LogP contribution in [0.2, 0.25) is 0 Å². The highest BCUT2D eigenvalue weighted by Gasteiger charge is 2.52. The van der Waals surface area contributed by atoms with Crippen LogP contribution in [0.15, 0.2) is 162 Å². The third-order valence-corrected chi connectivity index (χ3v) is 30.2. The van der Waals surface area contributed by atoms with Gasteiger partial charge in [-0.1, -0.05) is 107 Å². The van der Waals surface area contributed by atoms with Gasteiger partial charge in [0.15, 0.2) is 17.5 Å². The summed E-state index contributed by atoms with van der Waals surface area (Å²) < 4.78 is 134. The van der Waals surface area contributed by atoms with Crippen LogP contribution in [0.3, 0.4) is 0 Å². The molecule has 6 unspecified atom stereocenters. The van der Waals surface area contributed by atoms with Gasteiger partial charge in [0, 0.05) is 145 Å². The smallest absolute Gasteiger partial charge is 0.300 e. The fourth-order valence-corrected chi connectivity index (χ4v) is 23.2. The number of anilines is 4. The number of aromatic hydroxyl groups is 1. The molecule has 4 amide bonds. The molecule has 6 aromatic carbocycles. The predicted octanol–water partition coefficient (Wildman–Crippen LogP) is 19.8. The highest BCUT2D eigenvalue weighted by molar-refractivity contribution is 6.14. The molecule has 0 saturated carbocycles. The Balaban J connectivity index is 0.000000139. The lowest BCUT2D eigenvalue weighted by Crippen LogP contribution is -2.68. The lowest BCUT2D eigenvalue weighted by molar-refractivity contribution is -0.131. The number of amides is 4. The topological polar surface area (TPSA) is 292 Å². The molecule has 6 atom stereocenters. The van der Waals surface area contributed by atoms with Crippen LogP contribution >= 0.6 is 0 Å². The van der Waals surface area contributed by atoms with Gasteiger partial charge in [-0.2, -0.15) is 10.2 Å². The Kier molecular flexibility index (Phi) is 26.7. The quantitative estimate of drug-likeness (QED) is 0.0635. The Bertz CT molecular complexity index is 7980. The van der Waals surface area contributed by atoms with Gasteiger partial charge in [-0.25, -0.2) is 30.7 Å². The predicted molar refractivity (Wildman–Crippen MR) is 556 cm³/mol. The number of ether oxygens (including phenoxy) is 2. The van der Waals surface area contributed by atoms with Gasteiger partial charge < -0.3 is 48.9 Å². The molecule has 14 aromatic rings. The summed E-state index contributed by atoms with van der Waals surface area (Å²) in [6.45, 7) is 44.0. The molecule has 34 heteroatoms. The average molecular weight is 2010 g/mol. The molecule has 3 N–H and O–H groups in total. The Morgan fingerprint density at radius 1 is 0.429 bits per heavy atom. The fraction of sp³-hybridized carbons (Fsp3) is 0.363. The van der Waals surface area contributed by atoms with Crippen molar-refractivity contribution in [1.82, 2.24) is 63.7 Å². The first-order chi connectivity index (χ1) is 70.2. The van der Waals surface area contributed by atoms with Crippen LogP contribution in [0.1, 0.15) is 189 Å². The van der Waals surface area contributed by atoms with E-state index in [0.29, 0.717) is 165 Å². The minimum absolute atomic E-state index is 0.0137. The van der Waals surface area contributed by atoms with Gasteiger partial charge in [-0.05, 0) is 191 Å². The van der Waals surface area contributed by atoms with Crippen molar-refractivity contribution < 1.29 is 64.5 Å². The number of phenolic OH excluding ortho intramolecular Hbond substituents is 1. The van der Waals surface area contributed by atoms with Gasteiger partial charge in [0.1, 0.15) is 40.7 Å². The van der Waals surface area contributed by atoms with Gasteiger partial charge in [0.05, 0.1) is 139 Å². The molecule has 762 valence electrons. The molecule has 15 heterocycles. The number of carbonyl (C=O) groups excluding carboxylic acids is 4. The highest BCUT2D eigenvalue weighted by Crippen LogP contribution is 2.53. The van der Waals surface area contributed by atoms with Crippen LogP contribution in [-0.2, 0) is 30.3 Å². The number of aryl methyl sites for hydroxylation is 3. The van der Waals surface area contributed by atoms with E-state index >= 15 is 40.3 Å². The first kappa shape index (κ1) is 101. The first-order valence-corrected chi connectivity index (χ1v) is 50.0. The summed E-state index contributed by atoms with van der Waals surface area (Å²) in [6, 6.07) is 16.8. The summed E-state index contributed by atoms with van der Waals surface area (Å²) in [4.78, 5) is 125. The zero-order valence-corrected chi connectivity index (χ0v) is 84.8. The SMILES string of the molecule is C=CC(=O)N1CC2C(=O)N(C3CCOCC3)c3c(c4cc(F)c(-c5c(O)cccc5F)c(F)c4n(-c4c(C)ccnc4C(C)C)c3=O)N2CC1C.C=CC(=O)N1CC2CCOc3c(c4cc(F)c(-c5c(C)ccc6[nH]ncc56)c(F)c4n(-c4c(C(C)C)ccnc4C(C)C)c3=O)N2CC1C.C=CC(=O)N1CC2Cc3c(c4cc(F)c(-c5c(C)ccc6[nH]ncc56)c(F)c4n(-c4c(C(C)C)ccnc4C(C)C)c3=O)N2CC1C. The van der Waals surface area contributed by atoms with Gasteiger partial charge in [0.25, 0.3) is 22.6 Å². The number of halogens is 7. The van der Waals surface area contributed by atoms with E-state index in [0.717, 1.165) is 33.9 Å². The third kappa shape index (κ3) is 16.5. The molecule has 21 rings (SSSR count). The van der Waals surface area contributed by atoms with Gasteiger partial charge in [0.2, 0.25) is 23.5 Å². The molecule has 147 heavy (non-hydrogen) atoms. The molecule has 4 fully saturated rings. The lowest BCUT2D eigenvalue weighted by atomic mass is 9.93. The monoisotopic (exact) mass is 2000 g/mol.